The van der Waals surface area contributed by atoms with Gasteiger partial charge in [-0.3, -0.25) is 4.79 Å². The maximum absolute atomic E-state index is 12.0. The Balaban J connectivity index is 2.55. The van der Waals surface area contributed by atoms with Gasteiger partial charge in [0.1, 0.15) is 0 Å². The molecule has 1 aromatic carbocycles. The maximum Gasteiger partial charge on any atom is 0.162 e. The number of hydrogen-bond donors (Lipinski definition) is 0. The van der Waals surface area contributed by atoms with Crippen molar-refractivity contribution in [3.8, 4) is 0 Å². The number of rotatable bonds is 3. The number of nitrogens with zero attached hydrogens (tertiary/aromatic N) is 1. The molecule has 92 valence electrons. The molecule has 17 heavy (non-hydrogen) atoms. The van der Waals surface area contributed by atoms with E-state index in [9.17, 15) is 4.79 Å². The summed E-state index contributed by atoms with van der Waals surface area (Å²) in [6.45, 7) is 1.94. The Labute approximate surface area is 104 Å². The molecular formula is C15H21NO. The lowest BCUT2D eigenvalue weighted by atomic mass is 9.85. The molecule has 1 aliphatic carbocycles. The molecule has 0 aliphatic heterocycles. The van der Waals surface area contributed by atoms with Gasteiger partial charge >= 0.3 is 0 Å². The minimum atomic E-state index is 0.286. The van der Waals surface area contributed by atoms with Crippen molar-refractivity contribution < 1.29 is 4.79 Å². The predicted molar refractivity (Wildman–Crippen MR) is 72.0 cm³/mol. The van der Waals surface area contributed by atoms with E-state index < -0.39 is 0 Å². The predicted octanol–water partition coefficient (Wildman–Crippen LogP) is 3.22. The second-order valence-electron chi connectivity index (χ2n) is 4.97. The largest absolute Gasteiger partial charge is 0.377 e. The summed E-state index contributed by atoms with van der Waals surface area (Å²) in [5.74, 6) is 0.286. The first-order valence-corrected chi connectivity index (χ1v) is 6.50. The summed E-state index contributed by atoms with van der Waals surface area (Å²) in [4.78, 5) is 14.1. The van der Waals surface area contributed by atoms with E-state index in [0.717, 1.165) is 18.4 Å². The van der Waals surface area contributed by atoms with Crippen molar-refractivity contribution in [1.29, 1.82) is 0 Å². The Morgan fingerprint density at radius 1 is 1.18 bits per heavy atom. The molecule has 2 rings (SSSR count). The fourth-order valence-corrected chi connectivity index (χ4v) is 2.72. The zero-order chi connectivity index (χ0) is 12.4. The smallest absolute Gasteiger partial charge is 0.162 e. The lowest BCUT2D eigenvalue weighted by molar-refractivity contribution is 0.0987. The molecule has 2 heteroatoms. The average Bonchev–Trinajstić information content (AvgIpc) is 2.36. The van der Waals surface area contributed by atoms with Crippen LogP contribution in [0.3, 0.4) is 0 Å². The summed E-state index contributed by atoms with van der Waals surface area (Å²) in [6, 6.07) is 4.12. The van der Waals surface area contributed by atoms with Gasteiger partial charge in [0.25, 0.3) is 0 Å². The number of carbonyl (C=O) groups is 1. The van der Waals surface area contributed by atoms with Crippen LogP contribution in [-0.2, 0) is 12.8 Å². The Morgan fingerprint density at radius 3 is 2.41 bits per heavy atom. The van der Waals surface area contributed by atoms with E-state index >= 15 is 0 Å². The number of Topliss-reactive ketones (excluding diaryl/α,β-unsaturated/α-hetero) is 1. The normalized spacial score (nSPS) is 14.3. The van der Waals surface area contributed by atoms with E-state index in [1.165, 1.54) is 29.7 Å². The summed E-state index contributed by atoms with van der Waals surface area (Å²) in [7, 11) is 4.15. The lowest BCUT2D eigenvalue weighted by Crippen LogP contribution is -2.17. The van der Waals surface area contributed by atoms with Gasteiger partial charge in [-0.1, -0.05) is 6.92 Å². The molecule has 0 unspecified atom stereocenters. The Bertz CT molecular complexity index is 435. The van der Waals surface area contributed by atoms with Crippen molar-refractivity contribution >= 4 is 11.5 Å². The number of anilines is 1. The van der Waals surface area contributed by atoms with Crippen LogP contribution in [-0.4, -0.2) is 19.9 Å². The molecule has 0 N–H and O–H groups in total. The van der Waals surface area contributed by atoms with Gasteiger partial charge in [0.15, 0.2) is 5.78 Å². The Morgan fingerprint density at radius 2 is 1.82 bits per heavy atom. The highest BCUT2D eigenvalue weighted by Gasteiger charge is 2.20. The molecule has 0 radical (unpaired) electrons. The molecule has 0 saturated heterocycles. The van der Waals surface area contributed by atoms with Gasteiger partial charge in [0.2, 0.25) is 0 Å². The Kier molecular flexibility index (Phi) is 3.51. The second-order valence-corrected chi connectivity index (χ2v) is 4.97. The molecule has 0 amide bonds. The summed E-state index contributed by atoms with van der Waals surface area (Å²) in [5.41, 5.74) is 4.97. The third-order valence-electron chi connectivity index (χ3n) is 3.61. The van der Waals surface area contributed by atoms with Gasteiger partial charge in [-0.25, -0.2) is 0 Å². The van der Waals surface area contributed by atoms with Crippen molar-refractivity contribution in [2.24, 2.45) is 0 Å². The van der Waals surface area contributed by atoms with Crippen LogP contribution >= 0.6 is 0 Å². The summed E-state index contributed by atoms with van der Waals surface area (Å²) in [5, 5.41) is 0. The molecule has 0 atom stereocenters. The topological polar surface area (TPSA) is 20.3 Å². The van der Waals surface area contributed by atoms with Gasteiger partial charge in [-0.05, 0) is 48.9 Å². The minimum absolute atomic E-state index is 0.286. The zero-order valence-corrected chi connectivity index (χ0v) is 11.0. The highest BCUT2D eigenvalue weighted by atomic mass is 16.1. The van der Waals surface area contributed by atoms with Gasteiger partial charge in [0.05, 0.1) is 0 Å². The van der Waals surface area contributed by atoms with Gasteiger partial charge in [-0.2, -0.15) is 0 Å². The van der Waals surface area contributed by atoms with E-state index in [0.29, 0.717) is 6.42 Å². The van der Waals surface area contributed by atoms with Crippen LogP contribution in [0, 0.1) is 0 Å². The third kappa shape index (κ3) is 2.21. The molecule has 2 nitrogen and oxygen atoms in total. The number of fused-ring (bicyclic) bond motifs is 1. The first kappa shape index (κ1) is 12.2. The van der Waals surface area contributed by atoms with Crippen LogP contribution in [0.1, 0.15) is 47.7 Å². The highest BCUT2D eigenvalue weighted by Crippen LogP contribution is 2.32. The average molecular weight is 231 g/mol. The highest BCUT2D eigenvalue weighted by molar-refractivity contribution is 5.98. The molecule has 0 bridgehead atoms. The molecule has 0 fully saturated rings. The molecular weight excluding hydrogens is 210 g/mol. The SMILES string of the molecule is CCC(=O)c1ccc(N(C)C)c2c1CCCC2. The van der Waals surface area contributed by atoms with Crippen LogP contribution in [0.4, 0.5) is 5.69 Å². The quantitative estimate of drug-likeness (QED) is 0.744. The fraction of sp³-hybridized carbons (Fsp3) is 0.533. The lowest BCUT2D eigenvalue weighted by Gasteiger charge is -2.25. The Hall–Kier alpha value is -1.31. The van der Waals surface area contributed by atoms with E-state index in [-0.39, 0.29) is 5.78 Å². The third-order valence-corrected chi connectivity index (χ3v) is 3.61. The molecule has 0 aromatic heterocycles. The standard InChI is InChI=1S/C15H21NO/c1-4-15(17)13-9-10-14(16(2)3)12-8-6-5-7-11(12)13/h9-10H,4-8H2,1-3H3. The first-order valence-electron chi connectivity index (χ1n) is 6.50. The van der Waals surface area contributed by atoms with Gasteiger partial charge < -0.3 is 4.90 Å². The molecule has 0 heterocycles. The maximum atomic E-state index is 12.0. The van der Waals surface area contributed by atoms with Crippen molar-refractivity contribution in [3.63, 3.8) is 0 Å². The summed E-state index contributed by atoms with van der Waals surface area (Å²) >= 11 is 0. The van der Waals surface area contributed by atoms with Gasteiger partial charge in [-0.15, -0.1) is 0 Å². The molecule has 1 aliphatic rings. The summed E-state index contributed by atoms with van der Waals surface area (Å²) < 4.78 is 0. The first-order chi connectivity index (χ1) is 8.15. The van der Waals surface area contributed by atoms with E-state index in [4.69, 9.17) is 0 Å². The monoisotopic (exact) mass is 231 g/mol. The van der Waals surface area contributed by atoms with Gasteiger partial charge in [0, 0.05) is 31.8 Å². The van der Waals surface area contributed by atoms with Crippen LogP contribution in [0.2, 0.25) is 0 Å². The minimum Gasteiger partial charge on any atom is -0.377 e. The van der Waals surface area contributed by atoms with Crippen LogP contribution in [0.5, 0.6) is 0 Å². The number of benzene rings is 1. The van der Waals surface area contributed by atoms with Crippen molar-refractivity contribution in [2.45, 2.75) is 39.0 Å². The van der Waals surface area contributed by atoms with E-state index in [2.05, 4.69) is 25.1 Å². The summed E-state index contributed by atoms with van der Waals surface area (Å²) in [6.07, 6.45) is 5.25. The molecule has 0 saturated carbocycles. The van der Waals surface area contributed by atoms with Crippen molar-refractivity contribution in [2.75, 3.05) is 19.0 Å². The van der Waals surface area contributed by atoms with E-state index in [1.807, 2.05) is 13.0 Å². The number of carbonyl (C=O) groups excluding carboxylic acids is 1. The second kappa shape index (κ2) is 4.91. The molecule has 0 spiro atoms. The van der Waals surface area contributed by atoms with Crippen molar-refractivity contribution in [1.82, 2.24) is 0 Å². The number of hydrogen-bond acceptors (Lipinski definition) is 2. The fourth-order valence-electron chi connectivity index (χ4n) is 2.72. The van der Waals surface area contributed by atoms with Crippen molar-refractivity contribution in [3.05, 3.63) is 28.8 Å². The molecule has 1 aromatic rings. The van der Waals surface area contributed by atoms with Crippen LogP contribution in [0.15, 0.2) is 12.1 Å². The zero-order valence-electron chi connectivity index (χ0n) is 11.0. The van der Waals surface area contributed by atoms with E-state index in [1.54, 1.807) is 0 Å². The van der Waals surface area contributed by atoms with Crippen LogP contribution in [0.25, 0.3) is 0 Å². The van der Waals surface area contributed by atoms with Crippen LogP contribution < -0.4 is 4.90 Å². The number of ketones is 1.